The van der Waals surface area contributed by atoms with Crippen LogP contribution < -0.4 is 10.0 Å². The fraction of sp³-hybridized carbons (Fsp3) is 0.381. The summed E-state index contributed by atoms with van der Waals surface area (Å²) in [5, 5.41) is 2.84. The Morgan fingerprint density at radius 1 is 1.07 bits per heavy atom. The molecule has 2 rings (SSSR count). The maximum atomic E-state index is 12.6. The fourth-order valence-electron chi connectivity index (χ4n) is 2.52. The van der Waals surface area contributed by atoms with Crippen molar-refractivity contribution in [3.8, 4) is 0 Å². The van der Waals surface area contributed by atoms with Crippen LogP contribution in [0, 0.1) is 0 Å². The molecule has 158 valence electrons. The number of anilines is 1. The molecule has 0 bridgehead atoms. The molecule has 0 aromatic heterocycles. The molecule has 0 aliphatic carbocycles. The highest BCUT2D eigenvalue weighted by atomic mass is 32.2. The van der Waals surface area contributed by atoms with Crippen LogP contribution in [-0.2, 0) is 14.8 Å². The molecule has 0 saturated heterocycles. The van der Waals surface area contributed by atoms with E-state index in [0.29, 0.717) is 37.4 Å². The molecule has 0 aliphatic heterocycles. The third-order valence-electron chi connectivity index (χ3n) is 3.98. The van der Waals surface area contributed by atoms with Gasteiger partial charge in [-0.2, -0.15) is 0 Å². The van der Waals surface area contributed by atoms with Gasteiger partial charge in [0.05, 0.1) is 10.5 Å². The molecule has 0 unspecified atom stereocenters. The van der Waals surface area contributed by atoms with E-state index in [2.05, 4.69) is 17.0 Å². The zero-order valence-electron chi connectivity index (χ0n) is 16.8. The zero-order valence-corrected chi connectivity index (χ0v) is 18.4. The van der Waals surface area contributed by atoms with E-state index in [1.807, 2.05) is 25.1 Å². The number of carbonyl (C=O) groups is 1. The second-order valence-corrected chi connectivity index (χ2v) is 9.18. The van der Waals surface area contributed by atoms with Crippen LogP contribution in [0.5, 0.6) is 0 Å². The summed E-state index contributed by atoms with van der Waals surface area (Å²) in [7, 11) is -3.58. The van der Waals surface area contributed by atoms with Gasteiger partial charge in [0.2, 0.25) is 10.0 Å². The van der Waals surface area contributed by atoms with Crippen LogP contribution in [-0.4, -0.2) is 39.8 Å². The van der Waals surface area contributed by atoms with Gasteiger partial charge in [-0.25, -0.2) is 13.1 Å². The Bertz CT molecular complexity index is 884. The van der Waals surface area contributed by atoms with Gasteiger partial charge in [-0.05, 0) is 61.9 Å². The van der Waals surface area contributed by atoms with Crippen LogP contribution >= 0.6 is 11.8 Å². The standard InChI is InChI=1S/C21H28N2O4S2/c1-3-16-28-20-9-6-5-8-19(20)21(24)23-17-10-12-18(13-11-17)29(25,26)22-14-7-15-27-4-2/h5-6,8-13,22H,3-4,7,14-16H2,1-2H3,(H,23,24). The first-order chi connectivity index (χ1) is 14.0. The average Bonchev–Trinajstić information content (AvgIpc) is 2.72. The molecule has 2 N–H and O–H groups in total. The first-order valence-corrected chi connectivity index (χ1v) is 12.2. The van der Waals surface area contributed by atoms with Gasteiger partial charge in [-0.15, -0.1) is 11.8 Å². The molecule has 0 spiro atoms. The Hall–Kier alpha value is -1.87. The van der Waals surface area contributed by atoms with Gasteiger partial charge in [-0.1, -0.05) is 19.1 Å². The predicted octanol–water partition coefficient (Wildman–Crippen LogP) is 4.15. The number of amides is 1. The smallest absolute Gasteiger partial charge is 0.256 e. The third kappa shape index (κ3) is 7.47. The fourth-order valence-corrected chi connectivity index (χ4v) is 4.51. The van der Waals surface area contributed by atoms with Crippen molar-refractivity contribution in [2.75, 3.05) is 30.8 Å². The highest BCUT2D eigenvalue weighted by molar-refractivity contribution is 7.99. The Balaban J connectivity index is 1.99. The van der Waals surface area contributed by atoms with Crippen LogP contribution in [0.1, 0.15) is 37.0 Å². The maximum Gasteiger partial charge on any atom is 0.256 e. The van der Waals surface area contributed by atoms with E-state index in [9.17, 15) is 13.2 Å². The number of thioether (sulfide) groups is 1. The van der Waals surface area contributed by atoms with E-state index in [1.54, 1.807) is 30.0 Å². The highest BCUT2D eigenvalue weighted by Gasteiger charge is 2.15. The predicted molar refractivity (Wildman–Crippen MR) is 118 cm³/mol. The summed E-state index contributed by atoms with van der Waals surface area (Å²) in [5.41, 5.74) is 1.15. The molecule has 0 radical (unpaired) electrons. The molecule has 2 aromatic carbocycles. The molecule has 2 aromatic rings. The molecule has 0 heterocycles. The second-order valence-electron chi connectivity index (χ2n) is 6.27. The van der Waals surface area contributed by atoms with Crippen molar-refractivity contribution < 1.29 is 17.9 Å². The quantitative estimate of drug-likeness (QED) is 0.386. The van der Waals surface area contributed by atoms with Gasteiger partial charge in [0.15, 0.2) is 0 Å². The van der Waals surface area contributed by atoms with Gasteiger partial charge in [0, 0.05) is 30.3 Å². The lowest BCUT2D eigenvalue weighted by Gasteiger charge is -2.11. The van der Waals surface area contributed by atoms with Crippen molar-refractivity contribution in [2.24, 2.45) is 0 Å². The number of carbonyl (C=O) groups excluding carboxylic acids is 1. The summed E-state index contributed by atoms with van der Waals surface area (Å²) in [6.45, 7) is 5.43. The molecule has 6 nitrogen and oxygen atoms in total. The molecule has 0 saturated carbocycles. The van der Waals surface area contributed by atoms with E-state index in [4.69, 9.17) is 4.74 Å². The van der Waals surface area contributed by atoms with Gasteiger partial charge in [0.1, 0.15) is 0 Å². The molecule has 1 amide bonds. The maximum absolute atomic E-state index is 12.6. The number of hydrogen-bond acceptors (Lipinski definition) is 5. The van der Waals surface area contributed by atoms with Crippen molar-refractivity contribution in [1.82, 2.24) is 4.72 Å². The van der Waals surface area contributed by atoms with Crippen LogP contribution in [0.15, 0.2) is 58.3 Å². The summed E-state index contributed by atoms with van der Waals surface area (Å²) < 4.78 is 32.4. The molecular weight excluding hydrogens is 408 g/mol. The van der Waals surface area contributed by atoms with Gasteiger partial charge in [-0.3, -0.25) is 4.79 Å². The monoisotopic (exact) mass is 436 g/mol. The molecule has 8 heteroatoms. The van der Waals surface area contributed by atoms with E-state index in [1.165, 1.54) is 12.1 Å². The Morgan fingerprint density at radius 2 is 1.79 bits per heavy atom. The number of hydrogen-bond donors (Lipinski definition) is 2. The summed E-state index contributed by atoms with van der Waals surface area (Å²) in [5.74, 6) is 0.725. The van der Waals surface area contributed by atoms with Gasteiger partial charge < -0.3 is 10.1 Å². The van der Waals surface area contributed by atoms with Crippen LogP contribution in [0.2, 0.25) is 0 Å². The summed E-state index contributed by atoms with van der Waals surface area (Å²) in [6.07, 6.45) is 1.63. The number of rotatable bonds is 12. The molecule has 0 fully saturated rings. The topological polar surface area (TPSA) is 84.5 Å². The first-order valence-electron chi connectivity index (χ1n) is 9.68. The van der Waals surface area contributed by atoms with Crippen molar-refractivity contribution in [1.29, 1.82) is 0 Å². The zero-order chi connectivity index (χ0) is 21.1. The minimum Gasteiger partial charge on any atom is -0.382 e. The van der Waals surface area contributed by atoms with Crippen molar-refractivity contribution in [3.63, 3.8) is 0 Å². The van der Waals surface area contributed by atoms with Crippen LogP contribution in [0.3, 0.4) is 0 Å². The summed E-state index contributed by atoms with van der Waals surface area (Å²) in [6, 6.07) is 13.6. The normalized spacial score (nSPS) is 11.4. The van der Waals surface area contributed by atoms with E-state index >= 15 is 0 Å². The molecule has 0 aliphatic rings. The van der Waals surface area contributed by atoms with E-state index < -0.39 is 10.0 Å². The first kappa shape index (κ1) is 23.4. The number of benzene rings is 2. The molecular formula is C21H28N2O4S2. The van der Waals surface area contributed by atoms with Crippen molar-refractivity contribution >= 4 is 33.4 Å². The second kappa shape index (κ2) is 12.0. The minimum atomic E-state index is -3.58. The third-order valence-corrected chi connectivity index (χ3v) is 6.73. The van der Waals surface area contributed by atoms with Gasteiger partial charge in [0.25, 0.3) is 5.91 Å². The molecule has 29 heavy (non-hydrogen) atoms. The minimum absolute atomic E-state index is 0.158. The van der Waals surface area contributed by atoms with Crippen molar-refractivity contribution in [2.45, 2.75) is 36.5 Å². The Labute approximate surface area is 177 Å². The van der Waals surface area contributed by atoms with Crippen LogP contribution in [0.25, 0.3) is 0 Å². The SMILES string of the molecule is CCCSc1ccccc1C(=O)Nc1ccc(S(=O)(=O)NCCCOCC)cc1. The van der Waals surface area contributed by atoms with Gasteiger partial charge >= 0.3 is 0 Å². The Kier molecular flexibility index (Phi) is 9.66. The van der Waals surface area contributed by atoms with E-state index in [0.717, 1.165) is 17.1 Å². The van der Waals surface area contributed by atoms with Crippen LogP contribution in [0.4, 0.5) is 5.69 Å². The summed E-state index contributed by atoms with van der Waals surface area (Å²) >= 11 is 1.65. The summed E-state index contributed by atoms with van der Waals surface area (Å²) in [4.78, 5) is 13.7. The lowest BCUT2D eigenvalue weighted by atomic mass is 10.2. The molecule has 0 atom stereocenters. The largest absolute Gasteiger partial charge is 0.382 e. The number of ether oxygens (including phenoxy) is 1. The average molecular weight is 437 g/mol. The van der Waals surface area contributed by atoms with Crippen molar-refractivity contribution in [3.05, 3.63) is 54.1 Å². The Morgan fingerprint density at radius 3 is 2.48 bits per heavy atom. The highest BCUT2D eigenvalue weighted by Crippen LogP contribution is 2.24. The lowest BCUT2D eigenvalue weighted by molar-refractivity contribution is 0.102. The number of nitrogens with one attached hydrogen (secondary N) is 2. The van der Waals surface area contributed by atoms with E-state index in [-0.39, 0.29) is 10.8 Å². The number of sulfonamides is 1. The lowest BCUT2D eigenvalue weighted by Crippen LogP contribution is -2.25.